The molecule has 0 saturated heterocycles. The van der Waals surface area contributed by atoms with Crippen LogP contribution in [0.5, 0.6) is 0 Å². The lowest BCUT2D eigenvalue weighted by atomic mass is 10.00. The van der Waals surface area contributed by atoms with E-state index in [1.165, 1.54) is 16.7 Å². The summed E-state index contributed by atoms with van der Waals surface area (Å²) in [5, 5.41) is 10.3. The van der Waals surface area contributed by atoms with Gasteiger partial charge in [-0.05, 0) is 29.2 Å². The summed E-state index contributed by atoms with van der Waals surface area (Å²) in [6, 6.07) is 16.1. The normalized spacial score (nSPS) is 14.9. The average Bonchev–Trinajstić information content (AvgIpc) is 3.15. The summed E-state index contributed by atoms with van der Waals surface area (Å²) in [6.45, 7) is 3.20. The molecule has 2 heterocycles. The molecule has 3 aromatic rings. The van der Waals surface area contributed by atoms with Gasteiger partial charge in [0.15, 0.2) is 0 Å². The van der Waals surface area contributed by atoms with E-state index in [0.29, 0.717) is 5.56 Å². The fourth-order valence-corrected chi connectivity index (χ4v) is 4.70. The predicted octanol–water partition coefficient (Wildman–Crippen LogP) is 4.89. The Kier molecular flexibility index (Phi) is 5.84. The van der Waals surface area contributed by atoms with Crippen molar-refractivity contribution < 1.29 is 9.90 Å². The molecule has 4 rings (SSSR count). The lowest BCUT2D eigenvalue weighted by molar-refractivity contribution is 0.0699. The summed E-state index contributed by atoms with van der Waals surface area (Å²) < 4.78 is 0. The molecular formula is C23H24N2O2S. The maximum Gasteiger partial charge on any atom is 0.337 e. The summed E-state index contributed by atoms with van der Waals surface area (Å²) in [6.07, 6.45) is 5.41. The first-order valence-electron chi connectivity index (χ1n) is 9.59. The third-order valence-corrected chi connectivity index (χ3v) is 6.27. The number of nitrogens with one attached hydrogen (secondary N) is 1. The van der Waals surface area contributed by atoms with E-state index in [9.17, 15) is 9.90 Å². The van der Waals surface area contributed by atoms with Crippen LogP contribution in [0.25, 0.3) is 16.5 Å². The summed E-state index contributed by atoms with van der Waals surface area (Å²) in [4.78, 5) is 17.0. The Bertz CT molecular complexity index is 994. The number of thioether (sulfide) groups is 1. The molecule has 0 fully saturated rings. The van der Waals surface area contributed by atoms with Crippen molar-refractivity contribution in [3.63, 3.8) is 0 Å². The van der Waals surface area contributed by atoms with Gasteiger partial charge in [0, 0.05) is 42.7 Å². The van der Waals surface area contributed by atoms with Gasteiger partial charge in [0.2, 0.25) is 0 Å². The molecule has 0 unspecified atom stereocenters. The number of rotatable bonds is 7. The number of carboxylic acid groups (broad SMARTS) is 1. The molecule has 1 aliphatic rings. The van der Waals surface area contributed by atoms with Gasteiger partial charge in [0.05, 0.1) is 11.1 Å². The second kappa shape index (κ2) is 8.67. The molecule has 5 heteroatoms. The number of carbonyl (C=O) groups is 1. The minimum absolute atomic E-state index is 0.336. The molecule has 0 amide bonds. The Morgan fingerprint density at radius 2 is 2.00 bits per heavy atom. The van der Waals surface area contributed by atoms with E-state index in [-0.39, 0.29) is 0 Å². The number of aromatic carboxylic acids is 1. The molecule has 0 bridgehead atoms. The van der Waals surface area contributed by atoms with Crippen molar-refractivity contribution in [2.75, 3.05) is 25.4 Å². The molecular weight excluding hydrogens is 368 g/mol. The van der Waals surface area contributed by atoms with E-state index >= 15 is 0 Å². The van der Waals surface area contributed by atoms with Crippen LogP contribution < -0.4 is 0 Å². The van der Waals surface area contributed by atoms with Crippen molar-refractivity contribution in [3.05, 3.63) is 77.5 Å². The number of benzene rings is 2. The van der Waals surface area contributed by atoms with Crippen LogP contribution in [0.15, 0.2) is 60.8 Å². The second-order valence-electron chi connectivity index (χ2n) is 7.05. The minimum atomic E-state index is -0.889. The maximum absolute atomic E-state index is 11.3. The molecule has 2 aromatic carbocycles. The quantitative estimate of drug-likeness (QED) is 0.562. The first kappa shape index (κ1) is 18.8. The lowest BCUT2D eigenvalue weighted by Gasteiger charge is -2.26. The maximum atomic E-state index is 11.3. The third kappa shape index (κ3) is 4.16. The molecule has 0 radical (unpaired) electrons. The molecule has 1 aliphatic heterocycles. The number of aromatic amines is 1. The zero-order valence-electron chi connectivity index (χ0n) is 15.7. The van der Waals surface area contributed by atoms with Crippen LogP contribution in [0.1, 0.15) is 27.9 Å². The van der Waals surface area contributed by atoms with Gasteiger partial charge in [-0.1, -0.05) is 48.5 Å². The molecule has 28 heavy (non-hydrogen) atoms. The van der Waals surface area contributed by atoms with Crippen LogP contribution in [0.4, 0.5) is 0 Å². The van der Waals surface area contributed by atoms with Crippen molar-refractivity contribution in [3.8, 4) is 0 Å². The van der Waals surface area contributed by atoms with Gasteiger partial charge in [-0.15, -0.1) is 0 Å². The van der Waals surface area contributed by atoms with E-state index in [4.69, 9.17) is 0 Å². The van der Waals surface area contributed by atoms with Gasteiger partial charge in [0.25, 0.3) is 0 Å². The van der Waals surface area contributed by atoms with Crippen LogP contribution >= 0.6 is 11.8 Å². The van der Waals surface area contributed by atoms with E-state index in [0.717, 1.165) is 48.5 Å². The highest BCUT2D eigenvalue weighted by Crippen LogP contribution is 2.26. The Morgan fingerprint density at radius 1 is 1.14 bits per heavy atom. The van der Waals surface area contributed by atoms with Crippen molar-refractivity contribution in [2.45, 2.75) is 12.2 Å². The zero-order valence-corrected chi connectivity index (χ0v) is 16.5. The molecule has 0 aliphatic carbocycles. The van der Waals surface area contributed by atoms with Crippen molar-refractivity contribution in [2.24, 2.45) is 0 Å². The highest BCUT2D eigenvalue weighted by molar-refractivity contribution is 7.98. The second-order valence-corrected chi connectivity index (χ2v) is 8.15. The van der Waals surface area contributed by atoms with Gasteiger partial charge in [-0.3, -0.25) is 4.90 Å². The van der Waals surface area contributed by atoms with Crippen LogP contribution in [0.2, 0.25) is 0 Å². The Hall–Kier alpha value is -2.50. The number of nitrogens with zero attached hydrogens (tertiary/aromatic N) is 1. The van der Waals surface area contributed by atoms with Crippen molar-refractivity contribution >= 4 is 34.2 Å². The Labute approximate surface area is 169 Å². The number of H-pyrrole nitrogens is 1. The SMILES string of the molecule is O=C(O)c1cccc2c(CSCCN3CC=C(c4ccccc4)CC3)c[nH]c12. The Morgan fingerprint density at radius 3 is 2.75 bits per heavy atom. The summed E-state index contributed by atoms with van der Waals surface area (Å²) in [5.74, 6) is 1.07. The number of para-hydroxylation sites is 1. The van der Waals surface area contributed by atoms with Gasteiger partial charge >= 0.3 is 5.97 Å². The fourth-order valence-electron chi connectivity index (χ4n) is 3.71. The van der Waals surface area contributed by atoms with Gasteiger partial charge < -0.3 is 10.1 Å². The molecule has 0 spiro atoms. The summed E-state index contributed by atoms with van der Waals surface area (Å²) >= 11 is 1.90. The predicted molar refractivity (Wildman–Crippen MR) is 117 cm³/mol. The van der Waals surface area contributed by atoms with Crippen LogP contribution in [-0.2, 0) is 5.75 Å². The highest BCUT2D eigenvalue weighted by Gasteiger charge is 2.14. The van der Waals surface area contributed by atoms with E-state index < -0.39 is 5.97 Å². The van der Waals surface area contributed by atoms with E-state index in [1.807, 2.05) is 30.1 Å². The molecule has 1 aromatic heterocycles. The molecule has 0 atom stereocenters. The molecule has 0 saturated carbocycles. The van der Waals surface area contributed by atoms with Gasteiger partial charge in [-0.2, -0.15) is 11.8 Å². The molecule has 4 nitrogen and oxygen atoms in total. The Balaban J connectivity index is 1.28. The number of aromatic nitrogens is 1. The monoisotopic (exact) mass is 392 g/mol. The van der Waals surface area contributed by atoms with E-state index in [1.54, 1.807) is 6.07 Å². The van der Waals surface area contributed by atoms with Gasteiger partial charge in [-0.25, -0.2) is 4.79 Å². The molecule has 2 N–H and O–H groups in total. The van der Waals surface area contributed by atoms with E-state index in [2.05, 4.69) is 46.3 Å². The summed E-state index contributed by atoms with van der Waals surface area (Å²) in [7, 11) is 0. The van der Waals surface area contributed by atoms with Crippen LogP contribution in [-0.4, -0.2) is 46.3 Å². The number of hydrogen-bond acceptors (Lipinski definition) is 3. The average molecular weight is 393 g/mol. The van der Waals surface area contributed by atoms with Crippen molar-refractivity contribution in [1.82, 2.24) is 9.88 Å². The zero-order chi connectivity index (χ0) is 19.3. The lowest BCUT2D eigenvalue weighted by Crippen LogP contribution is -2.30. The van der Waals surface area contributed by atoms with Crippen LogP contribution in [0.3, 0.4) is 0 Å². The standard InChI is InChI=1S/C23H24N2O2S/c26-23(27)21-8-4-7-20-19(15-24-22(20)21)16-28-14-13-25-11-9-18(10-12-25)17-5-2-1-3-6-17/h1-9,15,24H,10-14,16H2,(H,26,27). The number of fused-ring (bicyclic) bond motifs is 1. The minimum Gasteiger partial charge on any atom is -0.478 e. The van der Waals surface area contributed by atoms with Crippen molar-refractivity contribution in [1.29, 1.82) is 0 Å². The topological polar surface area (TPSA) is 56.3 Å². The number of hydrogen-bond donors (Lipinski definition) is 2. The largest absolute Gasteiger partial charge is 0.478 e. The number of carboxylic acids is 1. The molecule has 144 valence electrons. The fraction of sp³-hybridized carbons (Fsp3) is 0.261. The highest BCUT2D eigenvalue weighted by atomic mass is 32.2. The third-order valence-electron chi connectivity index (χ3n) is 5.28. The smallest absolute Gasteiger partial charge is 0.337 e. The van der Waals surface area contributed by atoms with Crippen LogP contribution in [0, 0.1) is 0 Å². The summed E-state index contributed by atoms with van der Waals surface area (Å²) in [5.41, 5.74) is 5.03. The first-order valence-corrected chi connectivity index (χ1v) is 10.7. The first-order chi connectivity index (χ1) is 13.7. The van der Waals surface area contributed by atoms with Gasteiger partial charge in [0.1, 0.15) is 0 Å².